The van der Waals surface area contributed by atoms with Gasteiger partial charge in [-0.25, -0.2) is 0 Å². The maximum atomic E-state index is 13.9. The van der Waals surface area contributed by atoms with Crippen LogP contribution in [-0.4, -0.2) is 11.9 Å². The molecule has 3 nitrogen and oxygen atoms in total. The van der Waals surface area contributed by atoms with Crippen LogP contribution < -0.4 is 9.47 Å². The maximum absolute atomic E-state index is 13.9. The molecule has 0 aliphatic carbocycles. The molecule has 5 aromatic rings. The van der Waals surface area contributed by atoms with Crippen LogP contribution in [0.25, 0.3) is 21.5 Å². The number of hydrogen-bond acceptors (Lipinski definition) is 3. The van der Waals surface area contributed by atoms with Crippen molar-refractivity contribution >= 4 is 27.3 Å². The van der Waals surface area contributed by atoms with Crippen molar-refractivity contribution in [1.29, 1.82) is 0 Å². The number of benzene rings is 5. The van der Waals surface area contributed by atoms with Crippen LogP contribution in [0, 0.1) is 0 Å². The van der Waals surface area contributed by atoms with Gasteiger partial charge >= 0.3 is 0 Å². The second-order valence-corrected chi connectivity index (χ2v) is 8.49. The third-order valence-electron chi connectivity index (χ3n) is 6.46. The number of para-hydroxylation sites is 1. The van der Waals surface area contributed by atoms with E-state index in [-0.39, 0.29) is 5.78 Å². The molecule has 164 valence electrons. The van der Waals surface area contributed by atoms with Gasteiger partial charge in [-0.2, -0.15) is 0 Å². The maximum Gasteiger partial charge on any atom is 0.205 e. The molecule has 5 aromatic carbocycles. The Morgan fingerprint density at radius 3 is 2.15 bits per heavy atom. The zero-order valence-corrected chi connectivity index (χ0v) is 18.5. The van der Waals surface area contributed by atoms with E-state index in [1.807, 2.05) is 109 Å². The molecule has 0 fully saturated rings. The molecule has 0 saturated carbocycles. The quantitative estimate of drug-likeness (QED) is 0.211. The van der Waals surface area contributed by atoms with Crippen molar-refractivity contribution in [1.82, 2.24) is 0 Å². The van der Waals surface area contributed by atoms with Gasteiger partial charge in [0.1, 0.15) is 17.3 Å². The summed E-state index contributed by atoms with van der Waals surface area (Å²) in [6.07, 6.45) is -0.759. The summed E-state index contributed by atoms with van der Waals surface area (Å²) in [6, 6.07) is 35.4. The molecule has 0 spiro atoms. The lowest BCUT2D eigenvalue weighted by atomic mass is 9.88. The fraction of sp³-hybridized carbons (Fsp3) is 0.0645. The highest BCUT2D eigenvalue weighted by Gasteiger charge is 2.42. The first-order chi connectivity index (χ1) is 16.7. The number of carbonyl (C=O) groups excluding carboxylic acids is 1. The lowest BCUT2D eigenvalue weighted by Crippen LogP contribution is -2.31. The van der Waals surface area contributed by atoms with E-state index < -0.39 is 12.0 Å². The van der Waals surface area contributed by atoms with E-state index in [1.54, 1.807) is 0 Å². The van der Waals surface area contributed by atoms with E-state index >= 15 is 0 Å². The monoisotopic (exact) mass is 442 g/mol. The molecule has 1 aliphatic rings. The van der Waals surface area contributed by atoms with Crippen molar-refractivity contribution in [2.75, 3.05) is 0 Å². The lowest BCUT2D eigenvalue weighted by Gasteiger charge is -2.22. The van der Waals surface area contributed by atoms with E-state index in [9.17, 15) is 4.79 Å². The normalized spacial score (nSPS) is 16.7. The summed E-state index contributed by atoms with van der Waals surface area (Å²) in [5, 5.41) is 4.01. The predicted molar refractivity (Wildman–Crippen MR) is 136 cm³/mol. The molecule has 0 N–H and O–H groups in total. The number of fused-ring (bicyclic) bond motifs is 3. The van der Waals surface area contributed by atoms with Crippen molar-refractivity contribution in [3.05, 3.63) is 133 Å². The van der Waals surface area contributed by atoms with E-state index in [0.29, 0.717) is 22.8 Å². The molecular formula is C31H22O3. The molecule has 0 saturated heterocycles. The van der Waals surface area contributed by atoms with Gasteiger partial charge in [-0.3, -0.25) is 4.79 Å². The first-order valence-corrected chi connectivity index (χ1v) is 11.3. The van der Waals surface area contributed by atoms with E-state index in [0.717, 1.165) is 27.1 Å². The SMILES string of the molecule is C=C(Oc1cccc2ccccc12)C1c2ccccc2OC1C(=O)c1cccc2ccccc12. The Morgan fingerprint density at radius 2 is 1.32 bits per heavy atom. The topological polar surface area (TPSA) is 35.5 Å². The third kappa shape index (κ3) is 3.34. The van der Waals surface area contributed by atoms with Crippen LogP contribution in [0.15, 0.2) is 122 Å². The minimum atomic E-state index is -0.759. The van der Waals surface area contributed by atoms with Crippen LogP contribution >= 0.6 is 0 Å². The standard InChI is InChI=1S/C31H22O3/c1-20(33-27-19-9-13-22-11-3-5-15-24(22)27)29-26-16-6-7-18-28(26)34-31(29)30(32)25-17-8-12-21-10-2-4-14-23(21)25/h2-19,29,31H,1H2. The molecule has 6 rings (SSSR count). The molecular weight excluding hydrogens is 420 g/mol. The largest absolute Gasteiger partial charge is 0.481 e. The van der Waals surface area contributed by atoms with E-state index in [2.05, 4.69) is 6.58 Å². The van der Waals surface area contributed by atoms with Gasteiger partial charge in [0, 0.05) is 16.5 Å². The second-order valence-electron chi connectivity index (χ2n) is 8.49. The number of hydrogen-bond donors (Lipinski definition) is 0. The first-order valence-electron chi connectivity index (χ1n) is 11.3. The molecule has 0 aromatic heterocycles. The van der Waals surface area contributed by atoms with Crippen LogP contribution in [0.3, 0.4) is 0 Å². The number of carbonyl (C=O) groups is 1. The molecule has 3 heteroatoms. The van der Waals surface area contributed by atoms with Gasteiger partial charge < -0.3 is 9.47 Å². The fourth-order valence-corrected chi connectivity index (χ4v) is 4.84. The Labute approximate surface area is 197 Å². The molecule has 0 bridgehead atoms. The highest BCUT2D eigenvalue weighted by Crippen LogP contribution is 2.44. The number of Topliss-reactive ketones (excluding diaryl/α,β-unsaturated/α-hetero) is 1. The molecule has 0 amide bonds. The molecule has 2 unspecified atom stereocenters. The summed E-state index contributed by atoms with van der Waals surface area (Å²) in [7, 11) is 0. The van der Waals surface area contributed by atoms with Gasteiger partial charge in [-0.15, -0.1) is 0 Å². The number of ketones is 1. The minimum Gasteiger partial charge on any atom is -0.481 e. The average molecular weight is 443 g/mol. The average Bonchev–Trinajstić information content (AvgIpc) is 3.28. The van der Waals surface area contributed by atoms with Gasteiger partial charge in [0.2, 0.25) is 5.78 Å². The van der Waals surface area contributed by atoms with Crippen molar-refractivity contribution in [2.45, 2.75) is 12.0 Å². The molecule has 34 heavy (non-hydrogen) atoms. The van der Waals surface area contributed by atoms with Gasteiger partial charge in [0.05, 0.1) is 5.92 Å². The smallest absolute Gasteiger partial charge is 0.205 e. The summed E-state index contributed by atoms with van der Waals surface area (Å²) >= 11 is 0. The highest BCUT2D eigenvalue weighted by molar-refractivity contribution is 6.11. The van der Waals surface area contributed by atoms with E-state index in [4.69, 9.17) is 9.47 Å². The molecule has 2 atom stereocenters. The summed E-state index contributed by atoms with van der Waals surface area (Å²) < 4.78 is 12.6. The summed E-state index contributed by atoms with van der Waals surface area (Å²) in [6.45, 7) is 4.27. The molecule has 1 aliphatic heterocycles. The van der Waals surface area contributed by atoms with Gasteiger partial charge in [0.15, 0.2) is 6.10 Å². The van der Waals surface area contributed by atoms with Crippen molar-refractivity contribution < 1.29 is 14.3 Å². The lowest BCUT2D eigenvalue weighted by molar-refractivity contribution is 0.0792. The molecule has 0 radical (unpaired) electrons. The van der Waals surface area contributed by atoms with Crippen LogP contribution in [0.2, 0.25) is 0 Å². The summed E-state index contributed by atoms with van der Waals surface area (Å²) in [4.78, 5) is 13.9. The Kier molecular flexibility index (Phi) is 4.88. The first kappa shape index (κ1) is 20.3. The minimum absolute atomic E-state index is 0.0827. The van der Waals surface area contributed by atoms with Crippen molar-refractivity contribution in [2.24, 2.45) is 0 Å². The zero-order chi connectivity index (χ0) is 23.1. The van der Waals surface area contributed by atoms with E-state index in [1.165, 1.54) is 0 Å². The second kappa shape index (κ2) is 8.20. The van der Waals surface area contributed by atoms with Crippen molar-refractivity contribution in [3.63, 3.8) is 0 Å². The van der Waals surface area contributed by atoms with Gasteiger partial charge in [-0.05, 0) is 28.3 Å². The number of rotatable bonds is 5. The predicted octanol–water partition coefficient (Wildman–Crippen LogP) is 7.31. The fourth-order valence-electron chi connectivity index (χ4n) is 4.84. The Bertz CT molecular complexity index is 1560. The summed E-state index contributed by atoms with van der Waals surface area (Å²) in [5.74, 6) is 1.37. The molecule has 1 heterocycles. The third-order valence-corrected chi connectivity index (χ3v) is 6.46. The highest BCUT2D eigenvalue weighted by atomic mass is 16.5. The Hall–Kier alpha value is -4.37. The van der Waals surface area contributed by atoms with Crippen LogP contribution in [0.5, 0.6) is 11.5 Å². The van der Waals surface area contributed by atoms with Crippen LogP contribution in [0.1, 0.15) is 21.8 Å². The van der Waals surface area contributed by atoms with Crippen molar-refractivity contribution in [3.8, 4) is 11.5 Å². The van der Waals surface area contributed by atoms with Gasteiger partial charge in [0.25, 0.3) is 0 Å². The Balaban J connectivity index is 1.40. The summed E-state index contributed by atoms with van der Waals surface area (Å²) in [5.41, 5.74) is 1.55. The number of ether oxygens (including phenoxy) is 2. The van der Waals surface area contributed by atoms with Crippen LogP contribution in [-0.2, 0) is 0 Å². The Morgan fingerprint density at radius 1 is 0.706 bits per heavy atom. The zero-order valence-electron chi connectivity index (χ0n) is 18.5. The van der Waals surface area contributed by atoms with Gasteiger partial charge in [-0.1, -0.05) is 104 Å². The van der Waals surface area contributed by atoms with Crippen LogP contribution in [0.4, 0.5) is 0 Å².